The second kappa shape index (κ2) is 6.60. The molecule has 0 radical (unpaired) electrons. The van der Waals surface area contributed by atoms with Crippen LogP contribution in [0.15, 0.2) is 23.8 Å². The number of carboxylic acids is 1. The third-order valence-corrected chi connectivity index (χ3v) is 9.09. The average molecular weight is 371 g/mol. The first-order chi connectivity index (χ1) is 12.8. The standard InChI is InChI=1S/C24H34O3/c1-15(4-9-22(26)27)19-7-8-20-18-6-5-16-14-17(25)10-12-23(16,2)21(18)11-13-24(19,20)3/h5-6,14-15,18-21H,4,7-13H2,1-3H3,(H,26,27)/t15-,18-,19-,20+,21+,23+,24-/m1/s1. The third-order valence-electron chi connectivity index (χ3n) is 9.09. The zero-order valence-electron chi connectivity index (χ0n) is 17.0. The summed E-state index contributed by atoms with van der Waals surface area (Å²) in [6.45, 7) is 7.17. The Kier molecular flexibility index (Phi) is 4.63. The highest BCUT2D eigenvalue weighted by atomic mass is 16.4. The molecular weight excluding hydrogens is 336 g/mol. The lowest BCUT2D eigenvalue weighted by Gasteiger charge is -2.56. The van der Waals surface area contributed by atoms with Gasteiger partial charge in [0.1, 0.15) is 0 Å². The van der Waals surface area contributed by atoms with Crippen molar-refractivity contribution in [3.05, 3.63) is 23.8 Å². The lowest BCUT2D eigenvalue weighted by atomic mass is 9.48. The highest BCUT2D eigenvalue weighted by Gasteiger charge is 2.58. The first-order valence-electron chi connectivity index (χ1n) is 10.9. The van der Waals surface area contributed by atoms with Gasteiger partial charge in [-0.15, -0.1) is 0 Å². The van der Waals surface area contributed by atoms with Gasteiger partial charge < -0.3 is 5.11 Å². The van der Waals surface area contributed by atoms with E-state index in [2.05, 4.69) is 32.9 Å². The Hall–Kier alpha value is -1.38. The lowest BCUT2D eigenvalue weighted by molar-refractivity contribution is -0.137. The maximum Gasteiger partial charge on any atom is 0.303 e. The number of rotatable bonds is 4. The summed E-state index contributed by atoms with van der Waals surface area (Å²) in [5, 5.41) is 9.07. The van der Waals surface area contributed by atoms with Crippen LogP contribution in [0.2, 0.25) is 0 Å². The molecule has 1 N–H and O–H groups in total. The van der Waals surface area contributed by atoms with Gasteiger partial charge >= 0.3 is 5.97 Å². The van der Waals surface area contributed by atoms with Crippen LogP contribution in [0, 0.1) is 40.4 Å². The average Bonchev–Trinajstić information content (AvgIpc) is 2.97. The van der Waals surface area contributed by atoms with E-state index in [4.69, 9.17) is 5.11 Å². The summed E-state index contributed by atoms with van der Waals surface area (Å²) < 4.78 is 0. The molecule has 0 aromatic rings. The molecule has 3 heteroatoms. The summed E-state index contributed by atoms with van der Waals surface area (Å²) in [5.74, 6) is 2.75. The topological polar surface area (TPSA) is 54.4 Å². The molecule has 148 valence electrons. The third kappa shape index (κ3) is 2.93. The maximum atomic E-state index is 11.9. The molecule has 0 unspecified atom stereocenters. The van der Waals surface area contributed by atoms with Gasteiger partial charge in [0.2, 0.25) is 0 Å². The second-order valence-corrected chi connectivity index (χ2v) is 10.3. The number of aliphatic carboxylic acids is 1. The van der Waals surface area contributed by atoms with Crippen molar-refractivity contribution in [2.75, 3.05) is 0 Å². The zero-order chi connectivity index (χ0) is 19.4. The molecule has 4 aliphatic rings. The van der Waals surface area contributed by atoms with Crippen LogP contribution < -0.4 is 0 Å². The van der Waals surface area contributed by atoms with Gasteiger partial charge in [-0.1, -0.05) is 32.9 Å². The molecule has 0 heterocycles. The Labute approximate surface area is 163 Å². The van der Waals surface area contributed by atoms with E-state index in [1.807, 2.05) is 6.08 Å². The number of hydrogen-bond donors (Lipinski definition) is 1. The summed E-state index contributed by atoms with van der Waals surface area (Å²) >= 11 is 0. The number of carboxylic acid groups (broad SMARTS) is 1. The largest absolute Gasteiger partial charge is 0.481 e. The quantitative estimate of drug-likeness (QED) is 0.720. The van der Waals surface area contributed by atoms with Gasteiger partial charge in [0.25, 0.3) is 0 Å². The van der Waals surface area contributed by atoms with E-state index in [1.54, 1.807) is 0 Å². The molecule has 0 saturated heterocycles. The Balaban J connectivity index is 1.59. The van der Waals surface area contributed by atoms with Crippen LogP contribution in [0.5, 0.6) is 0 Å². The molecule has 3 nitrogen and oxygen atoms in total. The molecule has 0 aliphatic heterocycles. The van der Waals surface area contributed by atoms with Gasteiger partial charge in [0.05, 0.1) is 0 Å². The first kappa shape index (κ1) is 19.0. The fourth-order valence-electron chi connectivity index (χ4n) is 7.52. The van der Waals surface area contributed by atoms with E-state index >= 15 is 0 Å². The minimum Gasteiger partial charge on any atom is -0.481 e. The maximum absolute atomic E-state index is 11.9. The molecule has 0 spiro atoms. The van der Waals surface area contributed by atoms with E-state index in [9.17, 15) is 9.59 Å². The predicted octanol–water partition coefficient (Wildman–Crippen LogP) is 5.41. The fraction of sp³-hybridized carbons (Fsp3) is 0.750. The van der Waals surface area contributed by atoms with Gasteiger partial charge in [-0.2, -0.15) is 0 Å². The van der Waals surface area contributed by atoms with Crippen molar-refractivity contribution < 1.29 is 14.7 Å². The SMILES string of the molecule is C[C@H](CCC(=O)O)[C@H]1CC[C@H]2[C@H]3C=CC4=CC(=O)CC[C@]4(C)[C@H]3CC[C@]12C. The number of allylic oxidation sites excluding steroid dienone is 4. The van der Waals surface area contributed by atoms with Crippen molar-refractivity contribution in [3.63, 3.8) is 0 Å². The summed E-state index contributed by atoms with van der Waals surface area (Å²) in [4.78, 5) is 23.0. The monoisotopic (exact) mass is 370 g/mol. The highest BCUT2D eigenvalue weighted by Crippen LogP contribution is 2.66. The van der Waals surface area contributed by atoms with Crippen molar-refractivity contribution in [3.8, 4) is 0 Å². The van der Waals surface area contributed by atoms with E-state index in [1.165, 1.54) is 31.3 Å². The van der Waals surface area contributed by atoms with Crippen molar-refractivity contribution in [2.45, 2.75) is 72.1 Å². The van der Waals surface area contributed by atoms with Gasteiger partial charge in [-0.3, -0.25) is 9.59 Å². The van der Waals surface area contributed by atoms with Crippen LogP contribution >= 0.6 is 0 Å². The number of fused-ring (bicyclic) bond motifs is 5. The van der Waals surface area contributed by atoms with Crippen LogP contribution in [-0.2, 0) is 9.59 Å². The Morgan fingerprint density at radius 1 is 1.22 bits per heavy atom. The molecular formula is C24H34O3. The molecule has 27 heavy (non-hydrogen) atoms. The van der Waals surface area contributed by atoms with E-state index in [0.717, 1.165) is 12.8 Å². The van der Waals surface area contributed by atoms with Crippen molar-refractivity contribution in [2.24, 2.45) is 40.4 Å². The van der Waals surface area contributed by atoms with Crippen molar-refractivity contribution in [1.82, 2.24) is 0 Å². The Morgan fingerprint density at radius 3 is 2.74 bits per heavy atom. The van der Waals surface area contributed by atoms with E-state index in [0.29, 0.717) is 53.6 Å². The number of carbonyl (C=O) groups is 2. The lowest BCUT2D eigenvalue weighted by Crippen LogP contribution is -2.49. The molecule has 0 aromatic heterocycles. The van der Waals surface area contributed by atoms with Crippen LogP contribution in [-0.4, -0.2) is 16.9 Å². The van der Waals surface area contributed by atoms with Gasteiger partial charge in [0.15, 0.2) is 5.78 Å². The van der Waals surface area contributed by atoms with Crippen LogP contribution in [0.1, 0.15) is 72.1 Å². The van der Waals surface area contributed by atoms with Crippen molar-refractivity contribution >= 4 is 11.8 Å². The van der Waals surface area contributed by atoms with E-state index < -0.39 is 5.97 Å². The summed E-state index contributed by atoms with van der Waals surface area (Å²) in [5.41, 5.74) is 1.78. The molecule has 2 saturated carbocycles. The van der Waals surface area contributed by atoms with Gasteiger partial charge in [0, 0.05) is 12.8 Å². The van der Waals surface area contributed by atoms with Crippen LogP contribution in [0.25, 0.3) is 0 Å². The normalized spacial score (nSPS) is 44.1. The Bertz CT molecular complexity index is 704. The second-order valence-electron chi connectivity index (χ2n) is 10.3. The summed E-state index contributed by atoms with van der Waals surface area (Å²) in [6.07, 6.45) is 14.4. The summed E-state index contributed by atoms with van der Waals surface area (Å²) in [6, 6.07) is 0. The molecule has 0 aromatic carbocycles. The minimum atomic E-state index is -0.667. The summed E-state index contributed by atoms with van der Waals surface area (Å²) in [7, 11) is 0. The number of hydrogen-bond acceptors (Lipinski definition) is 2. The van der Waals surface area contributed by atoms with E-state index in [-0.39, 0.29) is 5.41 Å². The van der Waals surface area contributed by atoms with Gasteiger partial charge in [-0.25, -0.2) is 0 Å². The molecule has 4 rings (SSSR count). The van der Waals surface area contributed by atoms with Crippen molar-refractivity contribution in [1.29, 1.82) is 0 Å². The van der Waals surface area contributed by atoms with Crippen LogP contribution in [0.4, 0.5) is 0 Å². The molecule has 0 bridgehead atoms. The molecule has 0 amide bonds. The first-order valence-corrected chi connectivity index (χ1v) is 10.9. The zero-order valence-corrected chi connectivity index (χ0v) is 17.0. The fourth-order valence-corrected chi connectivity index (χ4v) is 7.52. The number of ketones is 1. The minimum absolute atomic E-state index is 0.168. The highest BCUT2D eigenvalue weighted by molar-refractivity contribution is 5.92. The number of carbonyl (C=O) groups excluding carboxylic acids is 1. The Morgan fingerprint density at radius 2 is 2.00 bits per heavy atom. The predicted molar refractivity (Wildman–Crippen MR) is 106 cm³/mol. The molecule has 4 aliphatic carbocycles. The molecule has 7 atom stereocenters. The smallest absolute Gasteiger partial charge is 0.303 e. The molecule has 2 fully saturated rings. The van der Waals surface area contributed by atoms with Gasteiger partial charge in [-0.05, 0) is 90.6 Å². The van der Waals surface area contributed by atoms with Crippen LogP contribution in [0.3, 0.4) is 0 Å².